The number of hydrogen-bond donors (Lipinski definition) is 1. The van der Waals surface area contributed by atoms with Gasteiger partial charge in [0.05, 0.1) is 0 Å². The quantitative estimate of drug-likeness (QED) is 0.615. The Kier molecular flexibility index (Phi) is 9.48. The highest BCUT2D eigenvalue weighted by Gasteiger charge is 2.19. The Balaban J connectivity index is 1.95. The molecule has 1 unspecified atom stereocenters. The minimum atomic E-state index is 0.771. The van der Waals surface area contributed by atoms with Crippen molar-refractivity contribution in [2.45, 2.75) is 58.9 Å². The van der Waals surface area contributed by atoms with E-state index in [4.69, 9.17) is 0 Å². The first kappa shape index (κ1) is 16.9. The Labute approximate surface area is 120 Å². The average Bonchev–Trinajstić information content (AvgIpc) is 2.46. The molecule has 1 saturated heterocycles. The molecule has 0 bridgehead atoms. The van der Waals surface area contributed by atoms with E-state index in [1.807, 2.05) is 0 Å². The van der Waals surface area contributed by atoms with E-state index in [1.165, 1.54) is 71.4 Å². The summed E-state index contributed by atoms with van der Waals surface area (Å²) >= 11 is 0. The molecule has 1 aliphatic heterocycles. The van der Waals surface area contributed by atoms with Crippen LogP contribution in [0.5, 0.6) is 0 Å². The van der Waals surface area contributed by atoms with Gasteiger partial charge in [-0.15, -0.1) is 0 Å². The lowest BCUT2D eigenvalue weighted by atomic mass is 10.1. The van der Waals surface area contributed by atoms with Gasteiger partial charge in [0.25, 0.3) is 0 Å². The van der Waals surface area contributed by atoms with Crippen LogP contribution in [0.2, 0.25) is 0 Å². The van der Waals surface area contributed by atoms with E-state index in [0.717, 1.165) is 12.6 Å². The smallest absolute Gasteiger partial charge is 0.0113 e. The zero-order valence-electron chi connectivity index (χ0n) is 13.5. The van der Waals surface area contributed by atoms with Gasteiger partial charge in [0.15, 0.2) is 0 Å². The first-order valence-electron chi connectivity index (χ1n) is 8.45. The number of unbranched alkanes of at least 4 members (excludes halogenated alkanes) is 3. The first-order valence-corrected chi connectivity index (χ1v) is 8.45. The van der Waals surface area contributed by atoms with Crippen molar-refractivity contribution in [2.75, 3.05) is 45.8 Å². The van der Waals surface area contributed by atoms with Crippen molar-refractivity contribution in [2.24, 2.45) is 0 Å². The highest BCUT2D eigenvalue weighted by molar-refractivity contribution is 4.75. The fourth-order valence-corrected chi connectivity index (χ4v) is 2.80. The molecule has 0 amide bonds. The van der Waals surface area contributed by atoms with Gasteiger partial charge in [-0.1, -0.05) is 26.7 Å². The molecule has 0 aromatic rings. The summed E-state index contributed by atoms with van der Waals surface area (Å²) in [6, 6.07) is 0.771. The summed E-state index contributed by atoms with van der Waals surface area (Å²) in [6.07, 6.45) is 6.80. The second kappa shape index (κ2) is 10.6. The lowest BCUT2D eigenvalue weighted by molar-refractivity contribution is 0.0994. The van der Waals surface area contributed by atoms with Gasteiger partial charge in [0, 0.05) is 32.2 Å². The van der Waals surface area contributed by atoms with Crippen LogP contribution in [0.1, 0.15) is 52.9 Å². The van der Waals surface area contributed by atoms with Crippen molar-refractivity contribution in [1.29, 1.82) is 0 Å². The highest BCUT2D eigenvalue weighted by Crippen LogP contribution is 2.10. The van der Waals surface area contributed by atoms with Crippen LogP contribution < -0.4 is 5.32 Å². The molecule has 1 N–H and O–H groups in total. The lowest BCUT2D eigenvalue weighted by Crippen LogP contribution is -2.49. The van der Waals surface area contributed by atoms with Crippen molar-refractivity contribution >= 4 is 0 Å². The molecule has 19 heavy (non-hydrogen) atoms. The zero-order valence-corrected chi connectivity index (χ0v) is 13.5. The number of rotatable bonds is 10. The monoisotopic (exact) mass is 269 g/mol. The molecule has 1 aliphatic rings. The Bertz CT molecular complexity index is 200. The van der Waals surface area contributed by atoms with E-state index >= 15 is 0 Å². The molecule has 3 nitrogen and oxygen atoms in total. The third-order valence-corrected chi connectivity index (χ3v) is 4.45. The number of nitrogens with one attached hydrogen (secondary N) is 1. The standard InChI is InChI=1S/C16H35N3/c1-4-16(3)19-14-12-18(13-15-19)11-9-7-6-8-10-17-5-2/h16-17H,4-15H2,1-3H3. The molecule has 0 aromatic heterocycles. The molecule has 0 spiro atoms. The molecule has 0 radical (unpaired) electrons. The number of piperazine rings is 1. The Hall–Kier alpha value is -0.120. The maximum atomic E-state index is 3.39. The van der Waals surface area contributed by atoms with E-state index in [2.05, 4.69) is 35.9 Å². The van der Waals surface area contributed by atoms with E-state index in [1.54, 1.807) is 0 Å². The second-order valence-electron chi connectivity index (χ2n) is 5.90. The average molecular weight is 269 g/mol. The summed E-state index contributed by atoms with van der Waals surface area (Å²) in [5, 5.41) is 3.39. The van der Waals surface area contributed by atoms with E-state index in [9.17, 15) is 0 Å². The molecule has 1 atom stereocenters. The van der Waals surface area contributed by atoms with Gasteiger partial charge in [-0.05, 0) is 45.8 Å². The summed E-state index contributed by atoms with van der Waals surface area (Å²) in [4.78, 5) is 5.30. The molecule has 1 heterocycles. The van der Waals surface area contributed by atoms with Crippen LogP contribution in [0, 0.1) is 0 Å². The predicted octanol–water partition coefficient (Wildman–Crippen LogP) is 2.57. The largest absolute Gasteiger partial charge is 0.317 e. The Morgan fingerprint density at radius 2 is 1.63 bits per heavy atom. The van der Waals surface area contributed by atoms with Crippen molar-refractivity contribution in [1.82, 2.24) is 15.1 Å². The van der Waals surface area contributed by atoms with Gasteiger partial charge in [-0.3, -0.25) is 4.90 Å². The SMILES string of the molecule is CCNCCCCCCN1CCN(C(C)CC)CC1. The highest BCUT2D eigenvalue weighted by atomic mass is 15.3. The van der Waals surface area contributed by atoms with Crippen LogP contribution in [-0.2, 0) is 0 Å². The van der Waals surface area contributed by atoms with Gasteiger partial charge in [-0.25, -0.2) is 0 Å². The molecule has 1 rings (SSSR count). The second-order valence-corrected chi connectivity index (χ2v) is 5.90. The minimum Gasteiger partial charge on any atom is -0.317 e. The number of nitrogens with zero attached hydrogens (tertiary/aromatic N) is 2. The molecule has 0 saturated carbocycles. The third kappa shape index (κ3) is 7.28. The summed E-state index contributed by atoms with van der Waals surface area (Å²) in [6.45, 7) is 15.6. The number of hydrogen-bond acceptors (Lipinski definition) is 3. The maximum Gasteiger partial charge on any atom is 0.0113 e. The summed E-state index contributed by atoms with van der Waals surface area (Å²) in [7, 11) is 0. The fourth-order valence-electron chi connectivity index (χ4n) is 2.80. The predicted molar refractivity (Wildman–Crippen MR) is 84.8 cm³/mol. The topological polar surface area (TPSA) is 18.5 Å². The third-order valence-electron chi connectivity index (χ3n) is 4.45. The van der Waals surface area contributed by atoms with Gasteiger partial charge in [-0.2, -0.15) is 0 Å². The molecule has 0 aromatic carbocycles. The molecule has 114 valence electrons. The van der Waals surface area contributed by atoms with Crippen LogP contribution >= 0.6 is 0 Å². The normalized spacial score (nSPS) is 19.7. The molecule has 0 aliphatic carbocycles. The lowest BCUT2D eigenvalue weighted by Gasteiger charge is -2.37. The molecule has 1 fully saturated rings. The molecular formula is C16H35N3. The van der Waals surface area contributed by atoms with Crippen LogP contribution in [0.3, 0.4) is 0 Å². The van der Waals surface area contributed by atoms with Crippen LogP contribution in [0.25, 0.3) is 0 Å². The van der Waals surface area contributed by atoms with Gasteiger partial charge in [0.2, 0.25) is 0 Å². The van der Waals surface area contributed by atoms with E-state index < -0.39 is 0 Å². The Morgan fingerprint density at radius 3 is 2.26 bits per heavy atom. The zero-order chi connectivity index (χ0) is 13.9. The minimum absolute atomic E-state index is 0.771. The van der Waals surface area contributed by atoms with Crippen molar-refractivity contribution in [3.8, 4) is 0 Å². The molecule has 3 heteroatoms. The van der Waals surface area contributed by atoms with E-state index in [0.29, 0.717) is 0 Å². The Morgan fingerprint density at radius 1 is 0.947 bits per heavy atom. The summed E-state index contributed by atoms with van der Waals surface area (Å²) in [5.74, 6) is 0. The van der Waals surface area contributed by atoms with Gasteiger partial charge in [0.1, 0.15) is 0 Å². The summed E-state index contributed by atoms with van der Waals surface area (Å²) < 4.78 is 0. The first-order chi connectivity index (χ1) is 9.27. The van der Waals surface area contributed by atoms with Crippen LogP contribution in [0.4, 0.5) is 0 Å². The van der Waals surface area contributed by atoms with Crippen LogP contribution in [0.15, 0.2) is 0 Å². The van der Waals surface area contributed by atoms with Crippen molar-refractivity contribution in [3.63, 3.8) is 0 Å². The van der Waals surface area contributed by atoms with Crippen molar-refractivity contribution < 1.29 is 0 Å². The fraction of sp³-hybridized carbons (Fsp3) is 1.00. The van der Waals surface area contributed by atoms with Gasteiger partial charge < -0.3 is 10.2 Å². The van der Waals surface area contributed by atoms with Crippen molar-refractivity contribution in [3.05, 3.63) is 0 Å². The molecular weight excluding hydrogens is 234 g/mol. The summed E-state index contributed by atoms with van der Waals surface area (Å²) in [5.41, 5.74) is 0. The van der Waals surface area contributed by atoms with E-state index in [-0.39, 0.29) is 0 Å². The maximum absolute atomic E-state index is 3.39. The van der Waals surface area contributed by atoms with Crippen LogP contribution in [-0.4, -0.2) is 61.7 Å². The van der Waals surface area contributed by atoms with Gasteiger partial charge >= 0.3 is 0 Å².